The first kappa shape index (κ1) is 17.9. The Morgan fingerprint density at radius 2 is 1.82 bits per heavy atom. The van der Waals surface area contributed by atoms with Gasteiger partial charge in [0.1, 0.15) is 12.7 Å². The summed E-state index contributed by atoms with van der Waals surface area (Å²) in [6.45, 7) is 5.07. The number of carbonyl (C=O) groups is 1. The van der Waals surface area contributed by atoms with Crippen LogP contribution in [0.5, 0.6) is 0 Å². The van der Waals surface area contributed by atoms with Crippen molar-refractivity contribution in [3.05, 3.63) is 89.1 Å². The largest absolute Gasteiger partial charge is 0.348 e. The van der Waals surface area contributed by atoms with E-state index in [1.165, 1.54) is 6.33 Å². The molecule has 4 rings (SSSR count). The zero-order valence-corrected chi connectivity index (χ0v) is 15.9. The Morgan fingerprint density at radius 3 is 2.57 bits per heavy atom. The molecule has 6 nitrogen and oxygen atoms in total. The lowest BCUT2D eigenvalue weighted by Crippen LogP contribution is -2.23. The van der Waals surface area contributed by atoms with E-state index < -0.39 is 0 Å². The highest BCUT2D eigenvalue weighted by Gasteiger charge is 2.12. The number of fused-ring (bicyclic) bond motifs is 1. The summed E-state index contributed by atoms with van der Waals surface area (Å²) in [7, 11) is 0. The van der Waals surface area contributed by atoms with E-state index in [1.54, 1.807) is 11.0 Å². The average Bonchev–Trinajstić information content (AvgIpc) is 3.20. The van der Waals surface area contributed by atoms with Crippen LogP contribution in [0.4, 0.5) is 0 Å². The number of hydrogen-bond acceptors (Lipinski definition) is 4. The summed E-state index contributed by atoms with van der Waals surface area (Å²) >= 11 is 0. The van der Waals surface area contributed by atoms with Crippen molar-refractivity contribution in [3.63, 3.8) is 0 Å². The van der Waals surface area contributed by atoms with Crippen molar-refractivity contribution in [1.82, 2.24) is 25.1 Å². The fourth-order valence-electron chi connectivity index (χ4n) is 3.20. The molecule has 0 saturated carbocycles. The van der Waals surface area contributed by atoms with Gasteiger partial charge in [0.05, 0.1) is 17.6 Å². The summed E-state index contributed by atoms with van der Waals surface area (Å²) in [5.41, 5.74) is 5.62. The van der Waals surface area contributed by atoms with Crippen LogP contribution in [-0.4, -0.2) is 25.7 Å². The highest BCUT2D eigenvalue weighted by molar-refractivity contribution is 6.06. The third-order valence-electron chi connectivity index (χ3n) is 4.62. The summed E-state index contributed by atoms with van der Waals surface area (Å²) in [4.78, 5) is 21.3. The minimum Gasteiger partial charge on any atom is -0.348 e. The van der Waals surface area contributed by atoms with Gasteiger partial charge in [-0.15, -0.1) is 0 Å². The Labute approximate surface area is 163 Å². The maximum absolute atomic E-state index is 12.8. The van der Waals surface area contributed by atoms with Crippen LogP contribution >= 0.6 is 0 Å². The molecule has 2 aromatic carbocycles. The molecule has 0 unspecified atom stereocenters. The smallest absolute Gasteiger partial charge is 0.252 e. The molecule has 0 spiro atoms. The van der Waals surface area contributed by atoms with Gasteiger partial charge in [0.2, 0.25) is 0 Å². The lowest BCUT2D eigenvalue weighted by Gasteiger charge is -2.10. The third kappa shape index (κ3) is 3.91. The second kappa shape index (κ2) is 7.60. The highest BCUT2D eigenvalue weighted by atomic mass is 16.1. The maximum Gasteiger partial charge on any atom is 0.252 e. The second-order valence-electron chi connectivity index (χ2n) is 6.92. The number of hydrogen-bond donors (Lipinski definition) is 1. The average molecular weight is 371 g/mol. The quantitative estimate of drug-likeness (QED) is 0.583. The molecule has 1 N–H and O–H groups in total. The zero-order chi connectivity index (χ0) is 19.5. The predicted octanol–water partition coefficient (Wildman–Crippen LogP) is 3.42. The Bertz CT molecular complexity index is 1120. The summed E-state index contributed by atoms with van der Waals surface area (Å²) < 4.78 is 1.77. The van der Waals surface area contributed by atoms with Crippen LogP contribution < -0.4 is 5.32 Å². The minimum atomic E-state index is -0.0900. The molecular weight excluding hydrogens is 350 g/mol. The molecule has 0 aliphatic carbocycles. The van der Waals surface area contributed by atoms with Gasteiger partial charge in [-0.1, -0.05) is 35.9 Å². The first-order valence-corrected chi connectivity index (χ1v) is 9.15. The standard InChI is InChI=1S/C22H21N5O/c1-15-3-8-21-19(9-15)20(10-16(2)26-21)22(28)24-11-17-4-6-18(7-5-17)12-27-14-23-13-25-27/h3-10,13-14H,11-12H2,1-2H3,(H,24,28). The van der Waals surface area contributed by atoms with E-state index in [4.69, 9.17) is 0 Å². The van der Waals surface area contributed by atoms with Crippen molar-refractivity contribution in [2.24, 2.45) is 0 Å². The van der Waals surface area contributed by atoms with Gasteiger partial charge in [0.15, 0.2) is 0 Å². The summed E-state index contributed by atoms with van der Waals surface area (Å²) in [6.07, 6.45) is 3.22. The van der Waals surface area contributed by atoms with Crippen molar-refractivity contribution in [3.8, 4) is 0 Å². The van der Waals surface area contributed by atoms with E-state index in [0.717, 1.165) is 33.3 Å². The molecule has 0 saturated heterocycles. The van der Waals surface area contributed by atoms with Crippen molar-refractivity contribution < 1.29 is 4.79 Å². The summed E-state index contributed by atoms with van der Waals surface area (Å²) in [5.74, 6) is -0.0900. The molecule has 2 aromatic heterocycles. The third-order valence-corrected chi connectivity index (χ3v) is 4.62. The van der Waals surface area contributed by atoms with Crippen molar-refractivity contribution >= 4 is 16.8 Å². The van der Waals surface area contributed by atoms with E-state index in [2.05, 4.69) is 20.4 Å². The SMILES string of the molecule is Cc1ccc2nc(C)cc(C(=O)NCc3ccc(Cn4cncn4)cc3)c2c1. The van der Waals surface area contributed by atoms with Gasteiger partial charge in [0, 0.05) is 17.6 Å². The van der Waals surface area contributed by atoms with Crippen LogP contribution in [0, 0.1) is 13.8 Å². The van der Waals surface area contributed by atoms with Gasteiger partial charge >= 0.3 is 0 Å². The molecule has 6 heteroatoms. The van der Waals surface area contributed by atoms with Gasteiger partial charge in [0.25, 0.3) is 5.91 Å². The van der Waals surface area contributed by atoms with Gasteiger partial charge in [-0.3, -0.25) is 9.78 Å². The molecule has 28 heavy (non-hydrogen) atoms. The Kier molecular flexibility index (Phi) is 4.85. The monoisotopic (exact) mass is 371 g/mol. The molecule has 1 amide bonds. The molecule has 4 aromatic rings. The highest BCUT2D eigenvalue weighted by Crippen LogP contribution is 2.20. The van der Waals surface area contributed by atoms with Crippen molar-refractivity contribution in [2.75, 3.05) is 0 Å². The lowest BCUT2D eigenvalue weighted by atomic mass is 10.0. The normalized spacial score (nSPS) is 10.9. The predicted molar refractivity (Wildman–Crippen MR) is 108 cm³/mol. The molecule has 2 heterocycles. The van der Waals surface area contributed by atoms with Crippen LogP contribution in [0.1, 0.15) is 32.7 Å². The van der Waals surface area contributed by atoms with E-state index in [9.17, 15) is 4.79 Å². The van der Waals surface area contributed by atoms with E-state index in [0.29, 0.717) is 18.7 Å². The van der Waals surface area contributed by atoms with Crippen LogP contribution in [0.2, 0.25) is 0 Å². The van der Waals surface area contributed by atoms with Gasteiger partial charge < -0.3 is 5.32 Å². The molecule has 140 valence electrons. The Hall–Kier alpha value is -3.54. The first-order valence-electron chi connectivity index (χ1n) is 9.15. The van der Waals surface area contributed by atoms with Crippen LogP contribution in [0.15, 0.2) is 61.2 Å². The molecular formula is C22H21N5O. The summed E-state index contributed by atoms with van der Waals surface area (Å²) in [6, 6.07) is 15.9. The molecule has 0 radical (unpaired) electrons. The first-order chi connectivity index (χ1) is 13.6. The van der Waals surface area contributed by atoms with Crippen LogP contribution in [-0.2, 0) is 13.1 Å². The number of amides is 1. The molecule has 0 bridgehead atoms. The van der Waals surface area contributed by atoms with Gasteiger partial charge in [-0.25, -0.2) is 9.67 Å². The number of nitrogens with one attached hydrogen (secondary N) is 1. The number of aromatic nitrogens is 4. The maximum atomic E-state index is 12.8. The van der Waals surface area contributed by atoms with Gasteiger partial charge in [-0.05, 0) is 43.2 Å². The number of carbonyl (C=O) groups excluding carboxylic acids is 1. The molecule has 0 atom stereocenters. The Morgan fingerprint density at radius 1 is 1.04 bits per heavy atom. The zero-order valence-electron chi connectivity index (χ0n) is 15.9. The fourth-order valence-corrected chi connectivity index (χ4v) is 3.20. The van der Waals surface area contributed by atoms with Gasteiger partial charge in [-0.2, -0.15) is 5.10 Å². The molecule has 0 aliphatic rings. The Balaban J connectivity index is 1.47. The van der Waals surface area contributed by atoms with Crippen molar-refractivity contribution in [1.29, 1.82) is 0 Å². The number of pyridine rings is 1. The molecule has 0 fully saturated rings. The number of benzene rings is 2. The van der Waals surface area contributed by atoms with E-state index in [1.807, 2.05) is 62.4 Å². The second-order valence-corrected chi connectivity index (χ2v) is 6.92. The number of aryl methyl sites for hydroxylation is 2. The topological polar surface area (TPSA) is 72.7 Å². The van der Waals surface area contributed by atoms with Crippen LogP contribution in [0.3, 0.4) is 0 Å². The number of nitrogens with zero attached hydrogens (tertiary/aromatic N) is 4. The minimum absolute atomic E-state index is 0.0900. The fraction of sp³-hybridized carbons (Fsp3) is 0.182. The summed E-state index contributed by atoms with van der Waals surface area (Å²) in [5, 5.41) is 8.01. The van der Waals surface area contributed by atoms with E-state index >= 15 is 0 Å². The van der Waals surface area contributed by atoms with Crippen LogP contribution in [0.25, 0.3) is 10.9 Å². The molecule has 0 aliphatic heterocycles. The number of rotatable bonds is 5. The van der Waals surface area contributed by atoms with E-state index in [-0.39, 0.29) is 5.91 Å². The van der Waals surface area contributed by atoms with Crippen molar-refractivity contribution in [2.45, 2.75) is 26.9 Å². The lowest BCUT2D eigenvalue weighted by molar-refractivity contribution is 0.0952.